The summed E-state index contributed by atoms with van der Waals surface area (Å²) in [5.41, 5.74) is 30.5. The number of anilines is 1. The summed E-state index contributed by atoms with van der Waals surface area (Å²) in [6, 6.07) is 150. The number of para-hydroxylation sites is 3. The van der Waals surface area contributed by atoms with Crippen LogP contribution in [0, 0.1) is 44.8 Å². The van der Waals surface area contributed by atoms with Gasteiger partial charge in [-0.15, -0.1) is 93.7 Å². The Morgan fingerprint density at radius 2 is 0.733 bits per heavy atom. The molecule has 11 nitrogen and oxygen atoms in total. The minimum absolute atomic E-state index is 0. The third kappa shape index (κ3) is 17.5. The molecule has 7 aromatic heterocycles. The number of rotatable bonds is 6. The molecule has 150 heavy (non-hydrogen) atoms. The van der Waals surface area contributed by atoms with Gasteiger partial charge in [0.1, 0.15) is 0 Å². The first kappa shape index (κ1) is 98.4. The summed E-state index contributed by atoms with van der Waals surface area (Å²) in [5, 5.41) is 43.9. The van der Waals surface area contributed by atoms with Gasteiger partial charge in [-0.25, -0.2) is 0 Å². The topological polar surface area (TPSA) is 125 Å². The number of aryl methyl sites for hydroxylation is 2. The summed E-state index contributed by atoms with van der Waals surface area (Å²) in [6.07, 6.45) is 12.9. The molecule has 26 aromatic rings. The first-order valence-electron chi connectivity index (χ1n) is 50.0. The van der Waals surface area contributed by atoms with Gasteiger partial charge in [0, 0.05) is 76.9 Å². The van der Waals surface area contributed by atoms with Gasteiger partial charge in [0.15, 0.2) is 0 Å². The molecule has 0 fully saturated rings. The Morgan fingerprint density at radius 1 is 0.300 bits per heavy atom. The van der Waals surface area contributed by atoms with Crippen LogP contribution in [0.3, 0.4) is 0 Å². The number of hydrogen-bond donors (Lipinski definition) is 0. The maximum atomic E-state index is 4.96. The molecule has 2 radical (unpaired) electrons. The van der Waals surface area contributed by atoms with Gasteiger partial charge in [0.2, 0.25) is 0 Å². The normalized spacial score (nSPS) is 13.2. The average molecular weight is 2460 g/mol. The molecular weight excluding hydrogens is 2360 g/mol. The fourth-order valence-corrected chi connectivity index (χ4v) is 23.0. The molecule has 3 aliphatic carbocycles. The van der Waals surface area contributed by atoms with Crippen LogP contribution in [0.15, 0.2) is 426 Å². The standard InChI is InChI=1S/3C36H24N.C10H10N3.C10H10N2.C8H6N3.3Ir/c2*1-36(2)31-21-23(33-20-16-22-9-3-8-14-32(22)37-33)15-17-27(31)30-19-18-29-26-12-5-4-10-24(26)25-11-6-7-13-28(25)34(29)35(30)36;1-36(2)33-16-15-23(35-18-22-9-3-4-10-24(22)21-37-35)17-31(33)32-19-29-27-13-7-5-11-25(27)26-12-6-8-14-28(26)30(29)20-34(32)36;1-7-5-8(2)10(11-6-7)9-3-4-12-13-9;1-11-7-8-12(9-11)10-5-3-2-4-6-10;1-2-5-9-7(3-1)8-4-6-10-11-8;;;/h3*3-14,16-21H,1-2H3;3-6H,1-2H3;2-5,7-9H,1H3;1-6H;;;/q4*-1;-2;-1;;;+3. The van der Waals surface area contributed by atoms with E-state index in [2.05, 4.69) is 412 Å². The molecule has 0 saturated heterocycles. The zero-order chi connectivity index (χ0) is 99.3. The van der Waals surface area contributed by atoms with Gasteiger partial charge >= 0.3 is 20.1 Å². The third-order valence-electron chi connectivity index (χ3n) is 30.1. The monoisotopic (exact) mass is 2460 g/mol. The molecule has 30 rings (SSSR count). The molecule has 8 heterocycles. The minimum atomic E-state index is -0.157. The average Bonchev–Trinajstić information content (AvgIpc) is 1.55. The van der Waals surface area contributed by atoms with Crippen LogP contribution in [-0.2, 0) is 76.6 Å². The second kappa shape index (κ2) is 40.4. The fraction of sp³-hybridized carbons (Fsp3) is 0.0882. The van der Waals surface area contributed by atoms with Crippen LogP contribution in [0.1, 0.15) is 86.1 Å². The molecule has 4 aliphatic rings. The van der Waals surface area contributed by atoms with Crippen molar-refractivity contribution in [3.63, 3.8) is 0 Å². The molecule has 0 amide bonds. The zero-order valence-electron chi connectivity index (χ0n) is 83.9. The van der Waals surface area contributed by atoms with E-state index >= 15 is 0 Å². The Balaban J connectivity index is 0.000000108. The van der Waals surface area contributed by atoms with Crippen molar-refractivity contribution in [2.24, 2.45) is 0 Å². The van der Waals surface area contributed by atoms with Crippen LogP contribution in [-0.4, -0.2) is 47.1 Å². The molecule has 19 aromatic carbocycles. The Hall–Kier alpha value is -16.2. The van der Waals surface area contributed by atoms with Crippen molar-refractivity contribution in [3.05, 3.63) is 501 Å². The Labute approximate surface area is 912 Å². The van der Waals surface area contributed by atoms with Gasteiger partial charge in [-0.1, -0.05) is 366 Å². The molecular formula is C136H98Ir3N11-4. The maximum Gasteiger partial charge on any atom is 3.00 e. The van der Waals surface area contributed by atoms with E-state index in [0.717, 1.165) is 95.0 Å². The Morgan fingerprint density at radius 3 is 1.21 bits per heavy atom. The molecule has 0 unspecified atom stereocenters. The van der Waals surface area contributed by atoms with Crippen LogP contribution < -0.4 is 15.1 Å². The van der Waals surface area contributed by atoms with Crippen LogP contribution in [0.25, 0.3) is 219 Å². The van der Waals surface area contributed by atoms with Crippen molar-refractivity contribution in [3.8, 4) is 89.9 Å². The van der Waals surface area contributed by atoms with E-state index in [0.29, 0.717) is 0 Å². The number of nitrogens with zero attached hydrogens (tertiary/aromatic N) is 11. The summed E-state index contributed by atoms with van der Waals surface area (Å²) >= 11 is 0. The predicted octanol–water partition coefficient (Wildman–Crippen LogP) is 33.0. The zero-order valence-corrected chi connectivity index (χ0v) is 91.1. The van der Waals surface area contributed by atoms with E-state index in [1.807, 2.05) is 129 Å². The van der Waals surface area contributed by atoms with Crippen LogP contribution in [0.4, 0.5) is 5.69 Å². The van der Waals surface area contributed by atoms with E-state index in [4.69, 9.17) is 15.0 Å². The van der Waals surface area contributed by atoms with Crippen molar-refractivity contribution in [1.82, 2.24) is 50.2 Å². The second-order valence-electron chi connectivity index (χ2n) is 40.1. The van der Waals surface area contributed by atoms with Gasteiger partial charge in [-0.2, -0.15) is 37.0 Å². The molecule has 0 atom stereocenters. The van der Waals surface area contributed by atoms with E-state index in [9.17, 15) is 0 Å². The smallest absolute Gasteiger partial charge is 0.574 e. The molecule has 0 spiro atoms. The Bertz CT molecular complexity index is 9400. The minimum Gasteiger partial charge on any atom is -0.574 e. The number of pyridine rings is 5. The van der Waals surface area contributed by atoms with Crippen molar-refractivity contribution < 1.29 is 60.3 Å². The van der Waals surface area contributed by atoms with Gasteiger partial charge in [0.25, 0.3) is 0 Å². The predicted molar refractivity (Wildman–Crippen MR) is 608 cm³/mol. The first-order valence-corrected chi connectivity index (χ1v) is 50.0. The van der Waals surface area contributed by atoms with Crippen LogP contribution in [0.2, 0.25) is 0 Å². The largest absolute Gasteiger partial charge is 3.00 e. The van der Waals surface area contributed by atoms with Crippen molar-refractivity contribution >= 4 is 135 Å². The van der Waals surface area contributed by atoms with E-state index in [1.165, 1.54) is 175 Å². The summed E-state index contributed by atoms with van der Waals surface area (Å²) < 4.78 is 0. The summed E-state index contributed by atoms with van der Waals surface area (Å²) in [6.45, 7) is 20.2. The molecule has 14 heteroatoms. The number of fused-ring (bicyclic) bond motifs is 32. The molecule has 0 N–H and O–H groups in total. The SMILES string of the molecule is CC1(C)c2c[c-]c(-c3cc4ccccc4cn3)cc2-c2cc3c4ccccc4c4ccccc4c3cc21.CC1(C)c2cc(-c3ccc4ccccc4n3)[c-]cc2-c2ccc3c4ccccc4c4ccccc4c3c21.CC1(C)c2cc(-c3ccc4ccccc4n3)[c-]cc2-c2ccc3c4ccccc4c4ccccc4c3c21.CN1C=CN(c2[c-]cccc2)[CH-]1.Cc1cnc(-c2ccn[n-]2)c(C)c1.[Ir+3].[Ir].[Ir].c1ccc(-c2ccn[n-]2)nc1. The number of aromatic nitrogens is 9. The van der Waals surface area contributed by atoms with Crippen molar-refractivity contribution in [1.29, 1.82) is 0 Å². The van der Waals surface area contributed by atoms with E-state index < -0.39 is 0 Å². The van der Waals surface area contributed by atoms with Crippen LogP contribution >= 0.6 is 0 Å². The Kier molecular flexibility index (Phi) is 26.5. The van der Waals surface area contributed by atoms with Crippen molar-refractivity contribution in [2.75, 3.05) is 11.9 Å². The molecule has 0 bridgehead atoms. The van der Waals surface area contributed by atoms with Gasteiger partial charge < -0.3 is 35.2 Å². The van der Waals surface area contributed by atoms with Gasteiger partial charge in [0.05, 0.1) is 16.7 Å². The fourth-order valence-electron chi connectivity index (χ4n) is 23.0. The van der Waals surface area contributed by atoms with Gasteiger partial charge in [-0.3, -0.25) is 19.9 Å². The van der Waals surface area contributed by atoms with E-state index in [1.54, 1.807) is 18.6 Å². The molecule has 728 valence electrons. The molecule has 0 saturated carbocycles. The molecule has 1 aliphatic heterocycles. The first-order chi connectivity index (χ1) is 71.9. The van der Waals surface area contributed by atoms with Crippen molar-refractivity contribution in [2.45, 2.75) is 71.6 Å². The maximum absolute atomic E-state index is 4.96. The summed E-state index contributed by atoms with van der Waals surface area (Å²) in [7, 11) is 2.00. The number of benzene rings is 19. The van der Waals surface area contributed by atoms with Crippen LogP contribution in [0.5, 0.6) is 0 Å². The summed E-state index contributed by atoms with van der Waals surface area (Å²) in [5.74, 6) is 0. The van der Waals surface area contributed by atoms with Gasteiger partial charge in [-0.05, 0) is 255 Å². The number of hydrogen-bond acceptors (Lipinski definition) is 9. The van der Waals surface area contributed by atoms with E-state index in [-0.39, 0.29) is 76.6 Å². The quantitative estimate of drug-likeness (QED) is 0.117. The third-order valence-corrected chi connectivity index (χ3v) is 30.1. The summed E-state index contributed by atoms with van der Waals surface area (Å²) in [4.78, 5) is 27.2. The second-order valence-corrected chi connectivity index (χ2v) is 40.1.